The van der Waals surface area contributed by atoms with Gasteiger partial charge in [0.1, 0.15) is 0 Å². The summed E-state index contributed by atoms with van der Waals surface area (Å²) in [5.41, 5.74) is 0.870. The first-order valence-corrected chi connectivity index (χ1v) is 6.54. The highest BCUT2D eigenvalue weighted by atomic mass is 16.3. The number of nitrogens with zero attached hydrogens (tertiary/aromatic N) is 2. The predicted octanol–water partition coefficient (Wildman–Crippen LogP) is 1.50. The minimum atomic E-state index is -0.762. The third-order valence-electron chi connectivity index (χ3n) is 3.43. The van der Waals surface area contributed by atoms with Crippen LogP contribution in [0.15, 0.2) is 24.3 Å². The summed E-state index contributed by atoms with van der Waals surface area (Å²) in [6.45, 7) is 8.07. The molecule has 1 aromatic carbocycles. The van der Waals surface area contributed by atoms with Gasteiger partial charge in [-0.05, 0) is 45.0 Å². The van der Waals surface area contributed by atoms with E-state index >= 15 is 0 Å². The highest BCUT2D eigenvalue weighted by Gasteiger charge is 2.34. The third-order valence-corrected chi connectivity index (χ3v) is 3.43. The van der Waals surface area contributed by atoms with Gasteiger partial charge in [-0.1, -0.05) is 0 Å². The second-order valence-corrected chi connectivity index (χ2v) is 6.25. The summed E-state index contributed by atoms with van der Waals surface area (Å²) >= 11 is 0. The maximum absolute atomic E-state index is 10.4. The van der Waals surface area contributed by atoms with Crippen LogP contribution in [0.3, 0.4) is 0 Å². The Kier molecular flexibility index (Phi) is 3.53. The number of nitrogens with one attached hydrogen (secondary N) is 1. The fourth-order valence-electron chi connectivity index (χ4n) is 2.42. The Morgan fingerprint density at radius 1 is 1.21 bits per heavy atom. The van der Waals surface area contributed by atoms with Crippen molar-refractivity contribution in [2.24, 2.45) is 0 Å². The number of anilines is 1. The number of hydrogen-bond donors (Lipinski definition) is 2. The second kappa shape index (κ2) is 4.84. The monoisotopic (exact) mass is 259 g/mol. The van der Waals surface area contributed by atoms with Crippen molar-refractivity contribution in [3.63, 3.8) is 0 Å². The minimum Gasteiger partial charge on any atom is -0.387 e. The van der Waals surface area contributed by atoms with Crippen molar-refractivity contribution in [3.8, 4) is 6.07 Å². The summed E-state index contributed by atoms with van der Waals surface area (Å²) in [5.74, 6) is 0. The van der Waals surface area contributed by atoms with Crippen LogP contribution in [0.25, 0.3) is 0 Å². The highest BCUT2D eigenvalue weighted by Crippen LogP contribution is 2.23. The maximum atomic E-state index is 10.4. The SMILES string of the molecule is CC1(O)CNC(C)(C)CN(c2ccc(C#N)cc2)C1. The molecule has 19 heavy (non-hydrogen) atoms. The van der Waals surface area contributed by atoms with Crippen molar-refractivity contribution < 1.29 is 5.11 Å². The largest absolute Gasteiger partial charge is 0.387 e. The van der Waals surface area contributed by atoms with Gasteiger partial charge in [0, 0.05) is 30.9 Å². The molecule has 0 saturated carbocycles. The Morgan fingerprint density at radius 2 is 1.84 bits per heavy atom. The Morgan fingerprint density at radius 3 is 2.42 bits per heavy atom. The summed E-state index contributed by atoms with van der Waals surface area (Å²) in [6, 6.07) is 9.63. The maximum Gasteiger partial charge on any atom is 0.0991 e. The fraction of sp³-hybridized carbons (Fsp3) is 0.533. The minimum absolute atomic E-state index is 0.0611. The van der Waals surface area contributed by atoms with Crippen molar-refractivity contribution in [1.82, 2.24) is 5.32 Å². The Hall–Kier alpha value is -1.57. The van der Waals surface area contributed by atoms with Crippen LogP contribution in [-0.2, 0) is 0 Å². The lowest BCUT2D eigenvalue weighted by atomic mass is 10.1. The van der Waals surface area contributed by atoms with Crippen molar-refractivity contribution in [1.29, 1.82) is 5.26 Å². The number of β-amino-alcohol motifs (C(OH)–C–C–N with tert-alkyl or cyclic N) is 1. The zero-order valence-corrected chi connectivity index (χ0v) is 11.8. The molecule has 1 heterocycles. The molecule has 1 aliphatic heterocycles. The van der Waals surface area contributed by atoms with Crippen LogP contribution in [0.5, 0.6) is 0 Å². The molecule has 2 N–H and O–H groups in total. The molecule has 0 aromatic heterocycles. The van der Waals surface area contributed by atoms with Crippen molar-refractivity contribution >= 4 is 5.69 Å². The van der Waals surface area contributed by atoms with Gasteiger partial charge in [0.2, 0.25) is 0 Å². The zero-order valence-electron chi connectivity index (χ0n) is 11.8. The van der Waals surface area contributed by atoms with Crippen LogP contribution in [-0.4, -0.2) is 35.9 Å². The number of benzene rings is 1. The Labute approximate surface area is 114 Å². The van der Waals surface area contributed by atoms with Crippen LogP contribution in [0.1, 0.15) is 26.3 Å². The summed E-state index contributed by atoms with van der Waals surface area (Å²) in [6.07, 6.45) is 0. The van der Waals surface area contributed by atoms with E-state index in [9.17, 15) is 5.11 Å². The molecule has 1 aliphatic rings. The zero-order chi connectivity index (χ0) is 14.1. The van der Waals surface area contributed by atoms with E-state index in [-0.39, 0.29) is 5.54 Å². The standard InChI is InChI=1S/C15H21N3O/c1-14(2)10-18(11-15(3,19)9-17-14)13-6-4-12(8-16)5-7-13/h4-7,17,19H,9-11H2,1-3H3. The first-order valence-electron chi connectivity index (χ1n) is 6.54. The van der Waals surface area contributed by atoms with Gasteiger partial charge in [-0.25, -0.2) is 0 Å². The van der Waals surface area contributed by atoms with Gasteiger partial charge < -0.3 is 15.3 Å². The number of aliphatic hydroxyl groups is 1. The average Bonchev–Trinajstić information content (AvgIpc) is 2.46. The Bertz CT molecular complexity index is 467. The molecule has 4 heteroatoms. The molecule has 1 saturated heterocycles. The molecular formula is C15H21N3O. The molecule has 1 atom stereocenters. The van der Waals surface area contributed by atoms with E-state index in [2.05, 4.69) is 30.1 Å². The molecular weight excluding hydrogens is 238 g/mol. The normalized spacial score (nSPS) is 26.6. The topological polar surface area (TPSA) is 59.3 Å². The lowest BCUT2D eigenvalue weighted by molar-refractivity contribution is 0.0696. The van der Waals surface area contributed by atoms with Gasteiger partial charge in [0.15, 0.2) is 0 Å². The first-order chi connectivity index (χ1) is 8.81. The quantitative estimate of drug-likeness (QED) is 0.802. The molecule has 1 fully saturated rings. The van der Waals surface area contributed by atoms with Crippen LogP contribution in [0.4, 0.5) is 5.69 Å². The first kappa shape index (κ1) is 13.9. The van der Waals surface area contributed by atoms with Gasteiger partial charge >= 0.3 is 0 Å². The molecule has 0 aliphatic carbocycles. The second-order valence-electron chi connectivity index (χ2n) is 6.25. The molecule has 0 amide bonds. The molecule has 1 unspecified atom stereocenters. The molecule has 2 rings (SSSR count). The van der Waals surface area contributed by atoms with Gasteiger partial charge in [0.25, 0.3) is 0 Å². The van der Waals surface area contributed by atoms with Crippen molar-refractivity contribution in [2.75, 3.05) is 24.5 Å². The molecule has 0 bridgehead atoms. The van der Waals surface area contributed by atoms with Gasteiger partial charge in [0.05, 0.1) is 17.2 Å². The highest BCUT2D eigenvalue weighted by molar-refractivity contribution is 5.50. The van der Waals surface area contributed by atoms with E-state index in [0.717, 1.165) is 12.2 Å². The van der Waals surface area contributed by atoms with E-state index in [1.165, 1.54) is 0 Å². The summed E-state index contributed by atoms with van der Waals surface area (Å²) < 4.78 is 0. The van der Waals surface area contributed by atoms with Crippen molar-refractivity contribution in [2.45, 2.75) is 31.9 Å². The molecule has 0 spiro atoms. The van der Waals surface area contributed by atoms with E-state index < -0.39 is 5.60 Å². The van der Waals surface area contributed by atoms with E-state index in [4.69, 9.17) is 5.26 Å². The molecule has 1 aromatic rings. The van der Waals surface area contributed by atoms with E-state index in [1.54, 1.807) is 0 Å². The molecule has 4 nitrogen and oxygen atoms in total. The lowest BCUT2D eigenvalue weighted by Crippen LogP contribution is -2.47. The third kappa shape index (κ3) is 3.46. The van der Waals surface area contributed by atoms with Gasteiger partial charge in [-0.3, -0.25) is 0 Å². The summed E-state index contributed by atoms with van der Waals surface area (Å²) in [7, 11) is 0. The molecule has 102 valence electrons. The summed E-state index contributed by atoms with van der Waals surface area (Å²) in [4.78, 5) is 2.17. The van der Waals surface area contributed by atoms with E-state index in [1.807, 2.05) is 31.2 Å². The lowest BCUT2D eigenvalue weighted by Gasteiger charge is -2.32. The summed E-state index contributed by atoms with van der Waals surface area (Å²) in [5, 5.41) is 22.6. The van der Waals surface area contributed by atoms with Gasteiger partial charge in [-0.15, -0.1) is 0 Å². The fourth-order valence-corrected chi connectivity index (χ4v) is 2.42. The van der Waals surface area contributed by atoms with Crippen LogP contribution >= 0.6 is 0 Å². The average molecular weight is 259 g/mol. The number of hydrogen-bond acceptors (Lipinski definition) is 4. The molecule has 0 radical (unpaired) electrons. The van der Waals surface area contributed by atoms with Crippen LogP contribution in [0, 0.1) is 11.3 Å². The van der Waals surface area contributed by atoms with E-state index in [0.29, 0.717) is 18.7 Å². The van der Waals surface area contributed by atoms with Crippen molar-refractivity contribution in [3.05, 3.63) is 29.8 Å². The predicted molar refractivity (Wildman–Crippen MR) is 76.1 cm³/mol. The van der Waals surface area contributed by atoms with Gasteiger partial charge in [-0.2, -0.15) is 5.26 Å². The number of nitriles is 1. The smallest absolute Gasteiger partial charge is 0.0991 e. The van der Waals surface area contributed by atoms with Crippen LogP contribution in [0.2, 0.25) is 0 Å². The van der Waals surface area contributed by atoms with Crippen LogP contribution < -0.4 is 10.2 Å². The number of rotatable bonds is 1. The Balaban J connectivity index is 2.27.